The van der Waals surface area contributed by atoms with Crippen LogP contribution in [0.1, 0.15) is 27.0 Å². The maximum Gasteiger partial charge on any atom is 0.416 e. The molecule has 0 saturated heterocycles. The summed E-state index contributed by atoms with van der Waals surface area (Å²) in [6.07, 6.45) is -3.17. The molecule has 0 aliphatic rings. The summed E-state index contributed by atoms with van der Waals surface area (Å²) < 4.78 is 41.1. The average molecular weight is 537 g/mol. The van der Waals surface area contributed by atoms with Crippen molar-refractivity contribution in [3.8, 4) is 5.82 Å². The van der Waals surface area contributed by atoms with Crippen LogP contribution in [0.4, 0.5) is 30.5 Å². The van der Waals surface area contributed by atoms with Gasteiger partial charge in [-0.15, -0.1) is 0 Å². The molecular weight excluding hydrogens is 517 g/mol. The molecule has 2 heterocycles. The van der Waals surface area contributed by atoms with Crippen molar-refractivity contribution in [3.63, 3.8) is 0 Å². The van der Waals surface area contributed by atoms with Gasteiger partial charge in [-0.05, 0) is 61.9 Å². The van der Waals surface area contributed by atoms with Crippen molar-refractivity contribution in [1.82, 2.24) is 19.5 Å². The van der Waals surface area contributed by atoms with Crippen molar-refractivity contribution in [1.29, 1.82) is 0 Å². The fraction of sp³-hybridized carbons (Fsp3) is 0.111. The van der Waals surface area contributed by atoms with Gasteiger partial charge in [-0.1, -0.05) is 35.9 Å². The van der Waals surface area contributed by atoms with Crippen molar-refractivity contribution in [2.75, 3.05) is 10.6 Å². The Balaban J connectivity index is 1.50. The highest BCUT2D eigenvalue weighted by atomic mass is 35.5. The number of nitrogens with zero attached hydrogens (tertiary/aromatic N) is 4. The number of amides is 1. The highest BCUT2D eigenvalue weighted by Crippen LogP contribution is 2.32. The number of fused-ring (bicyclic) bond motifs is 1. The largest absolute Gasteiger partial charge is 0.416 e. The molecule has 0 unspecified atom stereocenters. The van der Waals surface area contributed by atoms with E-state index >= 15 is 0 Å². The first-order valence-corrected chi connectivity index (χ1v) is 11.8. The SMILES string of the molecule is Cc1ccc(NC(=O)c2cccc(C(F)(F)F)c2)cc1Nc1nc2ccccc2n1-c1ncnc(Cl)c1C. The number of aromatic nitrogens is 4. The lowest BCUT2D eigenvalue weighted by atomic mass is 10.1. The number of hydrogen-bond acceptors (Lipinski definition) is 5. The number of rotatable bonds is 5. The number of halogens is 4. The number of nitrogens with one attached hydrogen (secondary N) is 2. The standard InChI is InChI=1S/C27H20ClF3N6O/c1-15-10-11-19(34-25(38)17-6-5-7-18(12-17)27(29,30)31)13-21(15)36-26-35-20-8-3-4-9-22(20)37(26)24-16(2)23(28)32-14-33-24/h3-14H,1-2H3,(H,34,38)(H,35,36). The first-order valence-electron chi connectivity index (χ1n) is 11.4. The highest BCUT2D eigenvalue weighted by Gasteiger charge is 2.31. The van der Waals surface area contributed by atoms with Crippen LogP contribution >= 0.6 is 11.6 Å². The molecule has 0 bridgehead atoms. The number of alkyl halides is 3. The first-order chi connectivity index (χ1) is 18.1. The first kappa shape index (κ1) is 25.2. The van der Waals surface area contributed by atoms with Crippen LogP contribution < -0.4 is 10.6 Å². The molecule has 0 saturated carbocycles. The summed E-state index contributed by atoms with van der Waals surface area (Å²) in [6, 6.07) is 16.9. The summed E-state index contributed by atoms with van der Waals surface area (Å²) in [5.41, 5.74) is 3.04. The molecule has 0 aliphatic carbocycles. The second-order valence-corrected chi connectivity index (χ2v) is 8.92. The molecule has 0 fully saturated rings. The van der Waals surface area contributed by atoms with E-state index in [9.17, 15) is 18.0 Å². The van der Waals surface area contributed by atoms with Crippen LogP contribution in [0, 0.1) is 13.8 Å². The number of para-hydroxylation sites is 2. The minimum Gasteiger partial charge on any atom is -0.325 e. The maximum atomic E-state index is 13.1. The van der Waals surface area contributed by atoms with Crippen LogP contribution in [0.2, 0.25) is 5.15 Å². The number of hydrogen-bond donors (Lipinski definition) is 2. The van der Waals surface area contributed by atoms with E-state index in [1.54, 1.807) is 18.2 Å². The van der Waals surface area contributed by atoms with Gasteiger partial charge in [-0.2, -0.15) is 13.2 Å². The molecule has 11 heteroatoms. The Labute approximate surface area is 220 Å². The van der Waals surface area contributed by atoms with Gasteiger partial charge in [0.05, 0.1) is 16.6 Å². The molecule has 5 rings (SSSR count). The third kappa shape index (κ3) is 4.90. The van der Waals surface area contributed by atoms with E-state index in [2.05, 4.69) is 20.6 Å². The van der Waals surface area contributed by atoms with Crippen molar-refractivity contribution in [2.45, 2.75) is 20.0 Å². The third-order valence-electron chi connectivity index (χ3n) is 5.96. The molecule has 7 nitrogen and oxygen atoms in total. The number of carbonyl (C=O) groups excluding carboxylic acids is 1. The molecule has 3 aromatic carbocycles. The minimum atomic E-state index is -4.55. The molecule has 0 radical (unpaired) electrons. The second kappa shape index (κ2) is 9.79. The van der Waals surface area contributed by atoms with Crippen LogP contribution in [-0.4, -0.2) is 25.4 Å². The molecule has 0 atom stereocenters. The van der Waals surface area contributed by atoms with E-state index in [1.807, 2.05) is 42.7 Å². The molecule has 5 aromatic rings. The van der Waals surface area contributed by atoms with Crippen LogP contribution in [0.5, 0.6) is 0 Å². The van der Waals surface area contributed by atoms with E-state index in [1.165, 1.54) is 18.5 Å². The van der Waals surface area contributed by atoms with Crippen molar-refractivity contribution in [3.05, 3.63) is 100 Å². The molecular formula is C27H20ClF3N6O. The summed E-state index contributed by atoms with van der Waals surface area (Å²) in [7, 11) is 0. The molecule has 0 aliphatic heterocycles. The molecule has 0 spiro atoms. The highest BCUT2D eigenvalue weighted by molar-refractivity contribution is 6.30. The third-order valence-corrected chi connectivity index (χ3v) is 6.34. The van der Waals surface area contributed by atoms with Gasteiger partial charge in [-0.3, -0.25) is 9.36 Å². The molecule has 192 valence electrons. The van der Waals surface area contributed by atoms with Gasteiger partial charge in [0.1, 0.15) is 17.3 Å². The Morgan fingerprint density at radius 1 is 0.974 bits per heavy atom. The molecule has 38 heavy (non-hydrogen) atoms. The summed E-state index contributed by atoms with van der Waals surface area (Å²) in [5.74, 6) is 0.339. The van der Waals surface area contributed by atoms with E-state index in [4.69, 9.17) is 16.6 Å². The van der Waals surface area contributed by atoms with Gasteiger partial charge in [0.2, 0.25) is 5.95 Å². The van der Waals surface area contributed by atoms with Gasteiger partial charge in [0.15, 0.2) is 0 Å². The summed E-state index contributed by atoms with van der Waals surface area (Å²) in [4.78, 5) is 25.9. The summed E-state index contributed by atoms with van der Waals surface area (Å²) in [5, 5.41) is 6.29. The lowest BCUT2D eigenvalue weighted by Gasteiger charge is -2.15. The van der Waals surface area contributed by atoms with Crippen LogP contribution in [0.15, 0.2) is 73.1 Å². The number of carbonyl (C=O) groups is 1. The van der Waals surface area contributed by atoms with Gasteiger partial charge >= 0.3 is 6.18 Å². The second-order valence-electron chi connectivity index (χ2n) is 8.56. The predicted octanol–water partition coefficient (Wildman–Crippen LogP) is 7.10. The summed E-state index contributed by atoms with van der Waals surface area (Å²) >= 11 is 6.27. The van der Waals surface area contributed by atoms with Gasteiger partial charge in [0.25, 0.3) is 5.91 Å². The van der Waals surface area contributed by atoms with Gasteiger partial charge in [-0.25, -0.2) is 15.0 Å². The number of imidazole rings is 1. The Bertz CT molecular complexity index is 1680. The number of aryl methyl sites for hydroxylation is 1. The number of anilines is 3. The Hall–Kier alpha value is -4.44. The lowest BCUT2D eigenvalue weighted by Crippen LogP contribution is -2.14. The zero-order chi connectivity index (χ0) is 27.0. The van der Waals surface area contributed by atoms with Crippen molar-refractivity contribution < 1.29 is 18.0 Å². The van der Waals surface area contributed by atoms with Gasteiger partial charge in [0, 0.05) is 22.5 Å². The Kier molecular flexibility index (Phi) is 6.50. The fourth-order valence-corrected chi connectivity index (χ4v) is 4.09. The van der Waals surface area contributed by atoms with E-state index in [0.29, 0.717) is 33.9 Å². The normalized spacial score (nSPS) is 11.5. The van der Waals surface area contributed by atoms with E-state index in [-0.39, 0.29) is 5.56 Å². The van der Waals surface area contributed by atoms with E-state index < -0.39 is 17.6 Å². The Morgan fingerprint density at radius 3 is 2.55 bits per heavy atom. The average Bonchev–Trinajstić information content (AvgIpc) is 3.25. The van der Waals surface area contributed by atoms with Crippen molar-refractivity contribution >= 4 is 45.9 Å². The summed E-state index contributed by atoms with van der Waals surface area (Å²) in [6.45, 7) is 3.69. The lowest BCUT2D eigenvalue weighted by molar-refractivity contribution is -0.137. The van der Waals surface area contributed by atoms with E-state index in [0.717, 1.165) is 28.7 Å². The van der Waals surface area contributed by atoms with Crippen LogP contribution in [0.3, 0.4) is 0 Å². The Morgan fingerprint density at radius 2 is 1.76 bits per heavy atom. The smallest absolute Gasteiger partial charge is 0.325 e. The number of benzene rings is 3. The predicted molar refractivity (Wildman–Crippen MR) is 140 cm³/mol. The minimum absolute atomic E-state index is 0.104. The molecule has 1 amide bonds. The zero-order valence-electron chi connectivity index (χ0n) is 20.1. The topological polar surface area (TPSA) is 84.7 Å². The molecule has 2 N–H and O–H groups in total. The zero-order valence-corrected chi connectivity index (χ0v) is 20.9. The monoisotopic (exact) mass is 536 g/mol. The van der Waals surface area contributed by atoms with Crippen LogP contribution in [-0.2, 0) is 6.18 Å². The quantitative estimate of drug-likeness (QED) is 0.234. The molecule has 2 aromatic heterocycles. The van der Waals surface area contributed by atoms with Crippen LogP contribution in [0.25, 0.3) is 16.9 Å². The fourth-order valence-electron chi connectivity index (χ4n) is 3.96. The maximum absolute atomic E-state index is 13.1. The van der Waals surface area contributed by atoms with Gasteiger partial charge < -0.3 is 10.6 Å². The van der Waals surface area contributed by atoms with Crippen molar-refractivity contribution in [2.24, 2.45) is 0 Å².